The number of nitrogens with one attached hydrogen (secondary N) is 1. The van der Waals surface area contributed by atoms with Crippen LogP contribution >= 0.6 is 0 Å². The second kappa shape index (κ2) is 4.10. The van der Waals surface area contributed by atoms with E-state index in [9.17, 15) is 23.5 Å². The van der Waals surface area contributed by atoms with Crippen LogP contribution < -0.4 is 11.2 Å². The van der Waals surface area contributed by atoms with Crippen LogP contribution in [0.3, 0.4) is 0 Å². The number of halogens is 2. The standard InChI is InChI=1S/C11H8F2N2O3/c1-5-9(16)14-11(18)15(10(5)17)6-2-3-7(12)8(13)4-6/h2-4,17H,1H3,(H,14,16,18). The van der Waals surface area contributed by atoms with Crippen LogP contribution in [0.2, 0.25) is 0 Å². The molecule has 0 aliphatic carbocycles. The highest BCUT2D eigenvalue weighted by molar-refractivity contribution is 5.38. The van der Waals surface area contributed by atoms with Gasteiger partial charge in [0.15, 0.2) is 11.6 Å². The fraction of sp³-hybridized carbons (Fsp3) is 0.0909. The maximum Gasteiger partial charge on any atom is 0.335 e. The molecule has 0 fully saturated rings. The van der Waals surface area contributed by atoms with Crippen molar-refractivity contribution in [3.8, 4) is 11.6 Å². The van der Waals surface area contributed by atoms with Crippen molar-refractivity contribution in [3.63, 3.8) is 0 Å². The van der Waals surface area contributed by atoms with Gasteiger partial charge in [0.2, 0.25) is 5.88 Å². The predicted octanol–water partition coefficient (Wildman–Crippen LogP) is 0.818. The molecule has 2 N–H and O–H groups in total. The Kier molecular flexibility index (Phi) is 2.74. The second-order valence-electron chi connectivity index (χ2n) is 3.64. The lowest BCUT2D eigenvalue weighted by Gasteiger charge is -2.09. The van der Waals surface area contributed by atoms with Crippen molar-refractivity contribution < 1.29 is 13.9 Å². The van der Waals surface area contributed by atoms with Crippen molar-refractivity contribution in [2.24, 2.45) is 0 Å². The maximum atomic E-state index is 13.1. The lowest BCUT2D eigenvalue weighted by molar-refractivity contribution is 0.425. The van der Waals surface area contributed by atoms with E-state index in [1.165, 1.54) is 6.92 Å². The van der Waals surface area contributed by atoms with Gasteiger partial charge in [-0.15, -0.1) is 0 Å². The summed E-state index contributed by atoms with van der Waals surface area (Å²) in [6.45, 7) is 1.30. The Hall–Kier alpha value is -2.44. The summed E-state index contributed by atoms with van der Waals surface area (Å²) in [5.74, 6) is -2.86. The smallest absolute Gasteiger partial charge is 0.335 e. The topological polar surface area (TPSA) is 75.1 Å². The molecule has 0 amide bonds. The summed E-state index contributed by atoms with van der Waals surface area (Å²) in [5.41, 5.74) is -1.86. The van der Waals surface area contributed by atoms with E-state index in [-0.39, 0.29) is 11.3 Å². The molecule has 1 heterocycles. The zero-order chi connectivity index (χ0) is 13.4. The minimum Gasteiger partial charge on any atom is -0.494 e. The predicted molar refractivity (Wildman–Crippen MR) is 59.0 cm³/mol. The number of aromatic nitrogens is 2. The van der Waals surface area contributed by atoms with Crippen molar-refractivity contribution in [2.45, 2.75) is 6.92 Å². The van der Waals surface area contributed by atoms with E-state index in [2.05, 4.69) is 0 Å². The monoisotopic (exact) mass is 254 g/mol. The van der Waals surface area contributed by atoms with Crippen molar-refractivity contribution in [1.82, 2.24) is 9.55 Å². The lowest BCUT2D eigenvalue weighted by Crippen LogP contribution is -2.30. The highest BCUT2D eigenvalue weighted by Gasteiger charge is 2.13. The first kappa shape index (κ1) is 12.0. The second-order valence-corrected chi connectivity index (χ2v) is 3.64. The summed E-state index contributed by atoms with van der Waals surface area (Å²) < 4.78 is 26.5. The van der Waals surface area contributed by atoms with E-state index in [1.807, 2.05) is 4.98 Å². The molecule has 94 valence electrons. The molecular weight excluding hydrogens is 246 g/mol. The first-order chi connectivity index (χ1) is 8.41. The van der Waals surface area contributed by atoms with Gasteiger partial charge in [-0.05, 0) is 19.1 Å². The van der Waals surface area contributed by atoms with Crippen LogP contribution in [0.5, 0.6) is 5.88 Å². The average Bonchev–Trinajstić information content (AvgIpc) is 2.31. The Balaban J connectivity index is 2.79. The number of benzene rings is 1. The summed E-state index contributed by atoms with van der Waals surface area (Å²) in [5, 5.41) is 9.70. The van der Waals surface area contributed by atoms with Gasteiger partial charge in [0.25, 0.3) is 5.56 Å². The highest BCUT2D eigenvalue weighted by atomic mass is 19.2. The van der Waals surface area contributed by atoms with Crippen molar-refractivity contribution in [3.05, 3.63) is 56.2 Å². The zero-order valence-corrected chi connectivity index (χ0v) is 9.20. The van der Waals surface area contributed by atoms with E-state index in [1.54, 1.807) is 0 Å². The third-order valence-corrected chi connectivity index (χ3v) is 2.47. The van der Waals surface area contributed by atoms with Gasteiger partial charge in [0.1, 0.15) is 0 Å². The fourth-order valence-electron chi connectivity index (χ4n) is 1.48. The first-order valence-corrected chi connectivity index (χ1v) is 4.92. The van der Waals surface area contributed by atoms with Crippen LogP contribution in [0.15, 0.2) is 27.8 Å². The molecule has 0 aliphatic heterocycles. The first-order valence-electron chi connectivity index (χ1n) is 4.92. The molecule has 1 aromatic heterocycles. The molecule has 0 atom stereocenters. The number of hydrogen-bond donors (Lipinski definition) is 2. The maximum absolute atomic E-state index is 13.1. The molecule has 0 spiro atoms. The third kappa shape index (κ3) is 1.79. The molecular formula is C11H8F2N2O3. The lowest BCUT2D eigenvalue weighted by atomic mass is 10.2. The van der Waals surface area contributed by atoms with E-state index in [0.29, 0.717) is 4.57 Å². The van der Waals surface area contributed by atoms with Crippen LogP contribution in [-0.4, -0.2) is 14.7 Å². The Labute approximate surface area is 99.0 Å². The normalized spacial score (nSPS) is 10.6. The molecule has 2 aromatic rings. The number of aromatic hydroxyl groups is 1. The molecule has 0 saturated heterocycles. The molecule has 7 heteroatoms. The minimum atomic E-state index is -1.16. The molecule has 2 rings (SSSR count). The van der Waals surface area contributed by atoms with Crippen molar-refractivity contribution in [2.75, 3.05) is 0 Å². The summed E-state index contributed by atoms with van der Waals surface area (Å²) in [4.78, 5) is 24.7. The van der Waals surface area contributed by atoms with E-state index >= 15 is 0 Å². The summed E-state index contributed by atoms with van der Waals surface area (Å²) in [6, 6.07) is 2.67. The summed E-state index contributed by atoms with van der Waals surface area (Å²) in [7, 11) is 0. The zero-order valence-electron chi connectivity index (χ0n) is 9.20. The van der Waals surface area contributed by atoms with Gasteiger partial charge in [-0.3, -0.25) is 9.78 Å². The molecule has 0 saturated carbocycles. The quantitative estimate of drug-likeness (QED) is 0.791. The Morgan fingerprint density at radius 1 is 1.22 bits per heavy atom. The SMILES string of the molecule is Cc1c(O)n(-c2ccc(F)c(F)c2)c(=O)[nH]c1=O. The Morgan fingerprint density at radius 2 is 1.89 bits per heavy atom. The fourth-order valence-corrected chi connectivity index (χ4v) is 1.48. The van der Waals surface area contributed by atoms with E-state index in [4.69, 9.17) is 0 Å². The Bertz CT molecular complexity index is 734. The average molecular weight is 254 g/mol. The molecule has 1 aromatic carbocycles. The van der Waals surface area contributed by atoms with Gasteiger partial charge >= 0.3 is 5.69 Å². The van der Waals surface area contributed by atoms with Gasteiger partial charge in [0.05, 0.1) is 11.3 Å². The molecule has 0 bridgehead atoms. The highest BCUT2D eigenvalue weighted by Crippen LogP contribution is 2.17. The molecule has 5 nitrogen and oxygen atoms in total. The van der Waals surface area contributed by atoms with Crippen LogP contribution in [0.25, 0.3) is 5.69 Å². The van der Waals surface area contributed by atoms with Gasteiger partial charge in [-0.1, -0.05) is 0 Å². The minimum absolute atomic E-state index is 0.0873. The summed E-state index contributed by atoms with van der Waals surface area (Å²) >= 11 is 0. The number of H-pyrrole nitrogens is 1. The third-order valence-electron chi connectivity index (χ3n) is 2.47. The number of hydrogen-bond acceptors (Lipinski definition) is 3. The number of nitrogens with zero attached hydrogens (tertiary/aromatic N) is 1. The van der Waals surface area contributed by atoms with E-state index in [0.717, 1.165) is 18.2 Å². The van der Waals surface area contributed by atoms with Gasteiger partial charge in [-0.25, -0.2) is 18.1 Å². The largest absolute Gasteiger partial charge is 0.494 e. The molecule has 0 radical (unpaired) electrons. The number of aromatic amines is 1. The Morgan fingerprint density at radius 3 is 2.50 bits per heavy atom. The van der Waals surface area contributed by atoms with Gasteiger partial charge in [0, 0.05) is 6.07 Å². The van der Waals surface area contributed by atoms with Crippen molar-refractivity contribution >= 4 is 0 Å². The van der Waals surface area contributed by atoms with Crippen LogP contribution in [-0.2, 0) is 0 Å². The molecule has 0 aliphatic rings. The van der Waals surface area contributed by atoms with Gasteiger partial charge in [-0.2, -0.15) is 0 Å². The van der Waals surface area contributed by atoms with Crippen LogP contribution in [0.1, 0.15) is 5.56 Å². The van der Waals surface area contributed by atoms with Crippen LogP contribution in [0.4, 0.5) is 8.78 Å². The molecule has 18 heavy (non-hydrogen) atoms. The summed E-state index contributed by atoms with van der Waals surface area (Å²) in [6.07, 6.45) is 0. The van der Waals surface area contributed by atoms with Crippen molar-refractivity contribution in [1.29, 1.82) is 0 Å². The molecule has 0 unspecified atom stereocenters. The van der Waals surface area contributed by atoms with E-state index < -0.39 is 28.8 Å². The van der Waals surface area contributed by atoms with Crippen LogP contribution in [0, 0.1) is 18.6 Å². The number of rotatable bonds is 1. The van der Waals surface area contributed by atoms with Gasteiger partial charge < -0.3 is 5.11 Å².